The van der Waals surface area contributed by atoms with Crippen LogP contribution in [0.1, 0.15) is 6.92 Å². The van der Waals surface area contributed by atoms with Crippen LogP contribution < -0.4 is 5.32 Å². The molecule has 0 saturated carbocycles. The quantitative estimate of drug-likeness (QED) is 0.770. The third kappa shape index (κ3) is 3.01. The van der Waals surface area contributed by atoms with Crippen LogP contribution in [0.4, 0.5) is 5.82 Å². The number of nitrogens with zero attached hydrogens (tertiary/aromatic N) is 2. The Labute approximate surface area is 123 Å². The molecule has 1 heterocycles. The van der Waals surface area contributed by atoms with E-state index in [0.29, 0.717) is 12.4 Å². The van der Waals surface area contributed by atoms with Gasteiger partial charge in [-0.2, -0.15) is 0 Å². The number of para-hydroxylation sites is 2. The van der Waals surface area contributed by atoms with Crippen LogP contribution in [0.3, 0.4) is 0 Å². The van der Waals surface area contributed by atoms with E-state index in [0.717, 1.165) is 22.3 Å². The lowest BCUT2D eigenvalue weighted by molar-refractivity contribution is 0.208. The Morgan fingerprint density at radius 1 is 0.952 bits per heavy atom. The predicted octanol–water partition coefficient (Wildman–Crippen LogP) is 3.09. The lowest BCUT2D eigenvalue weighted by atomic mass is 10.1. The van der Waals surface area contributed by atoms with Crippen LogP contribution in [0.2, 0.25) is 0 Å². The van der Waals surface area contributed by atoms with Gasteiger partial charge in [-0.05, 0) is 19.1 Å². The molecule has 1 atom stereocenters. The summed E-state index contributed by atoms with van der Waals surface area (Å²) in [6.07, 6.45) is -0.443. The van der Waals surface area contributed by atoms with E-state index in [1.807, 2.05) is 54.6 Å². The van der Waals surface area contributed by atoms with E-state index in [9.17, 15) is 5.11 Å². The van der Waals surface area contributed by atoms with Gasteiger partial charge in [-0.1, -0.05) is 42.5 Å². The van der Waals surface area contributed by atoms with Crippen LogP contribution in [0.25, 0.3) is 22.3 Å². The van der Waals surface area contributed by atoms with Crippen molar-refractivity contribution in [2.24, 2.45) is 0 Å². The minimum absolute atomic E-state index is 0.437. The smallest absolute Gasteiger partial charge is 0.153 e. The number of nitrogens with one attached hydrogen (secondary N) is 1. The number of fused-ring (bicyclic) bond motifs is 1. The van der Waals surface area contributed by atoms with Crippen molar-refractivity contribution in [1.82, 2.24) is 9.97 Å². The summed E-state index contributed by atoms with van der Waals surface area (Å²) in [5, 5.41) is 12.7. The molecule has 1 unspecified atom stereocenters. The fourth-order valence-electron chi connectivity index (χ4n) is 2.16. The zero-order valence-electron chi connectivity index (χ0n) is 11.8. The molecule has 4 nitrogen and oxygen atoms in total. The summed E-state index contributed by atoms with van der Waals surface area (Å²) in [7, 11) is 0. The van der Waals surface area contributed by atoms with Crippen molar-refractivity contribution in [3.05, 3.63) is 54.6 Å². The molecule has 0 aliphatic carbocycles. The summed E-state index contributed by atoms with van der Waals surface area (Å²) in [5.41, 5.74) is 3.50. The van der Waals surface area contributed by atoms with Crippen LogP contribution in [0.15, 0.2) is 54.6 Å². The van der Waals surface area contributed by atoms with Crippen molar-refractivity contribution < 1.29 is 5.11 Å². The second-order valence-electron chi connectivity index (χ2n) is 5.01. The highest BCUT2D eigenvalue weighted by Gasteiger charge is 2.11. The molecule has 0 fully saturated rings. The first-order valence-corrected chi connectivity index (χ1v) is 6.98. The maximum absolute atomic E-state index is 9.48. The molecule has 0 aliphatic heterocycles. The number of aliphatic hydroxyl groups is 1. The summed E-state index contributed by atoms with van der Waals surface area (Å²) in [6, 6.07) is 17.7. The number of hydrogen-bond donors (Lipinski definition) is 2. The van der Waals surface area contributed by atoms with Gasteiger partial charge in [0.1, 0.15) is 5.69 Å². The Kier molecular flexibility index (Phi) is 3.79. The molecule has 21 heavy (non-hydrogen) atoms. The van der Waals surface area contributed by atoms with Crippen LogP contribution in [-0.4, -0.2) is 27.7 Å². The van der Waals surface area contributed by atoms with Crippen molar-refractivity contribution in [3.63, 3.8) is 0 Å². The number of benzene rings is 2. The topological polar surface area (TPSA) is 58.0 Å². The van der Waals surface area contributed by atoms with Gasteiger partial charge in [0.25, 0.3) is 0 Å². The Bertz CT molecular complexity index is 741. The van der Waals surface area contributed by atoms with Crippen molar-refractivity contribution in [2.45, 2.75) is 13.0 Å². The van der Waals surface area contributed by atoms with Gasteiger partial charge < -0.3 is 10.4 Å². The maximum Gasteiger partial charge on any atom is 0.153 e. The first-order chi connectivity index (χ1) is 10.2. The van der Waals surface area contributed by atoms with Crippen molar-refractivity contribution in [2.75, 3.05) is 11.9 Å². The molecule has 0 radical (unpaired) electrons. The average Bonchev–Trinajstić information content (AvgIpc) is 2.53. The molecule has 4 heteroatoms. The maximum atomic E-state index is 9.48. The van der Waals surface area contributed by atoms with Gasteiger partial charge in [-0.3, -0.25) is 0 Å². The molecule has 0 saturated heterocycles. The molecule has 3 aromatic rings. The summed E-state index contributed by atoms with van der Waals surface area (Å²) < 4.78 is 0. The predicted molar refractivity (Wildman–Crippen MR) is 85.1 cm³/mol. The third-order valence-electron chi connectivity index (χ3n) is 3.18. The van der Waals surface area contributed by atoms with E-state index < -0.39 is 6.10 Å². The SMILES string of the molecule is CC(O)CNc1nc2ccccc2nc1-c1ccccc1. The fourth-order valence-corrected chi connectivity index (χ4v) is 2.16. The Balaban J connectivity index is 2.12. The highest BCUT2D eigenvalue weighted by Crippen LogP contribution is 2.26. The number of aliphatic hydroxyl groups excluding tert-OH is 1. The van der Waals surface area contributed by atoms with Crippen LogP contribution in [0.5, 0.6) is 0 Å². The number of aromatic nitrogens is 2. The largest absolute Gasteiger partial charge is 0.392 e. The van der Waals surface area contributed by atoms with Crippen LogP contribution in [0, 0.1) is 0 Å². The van der Waals surface area contributed by atoms with Gasteiger partial charge in [0.05, 0.1) is 17.1 Å². The highest BCUT2D eigenvalue weighted by molar-refractivity contribution is 5.83. The van der Waals surface area contributed by atoms with Crippen LogP contribution in [-0.2, 0) is 0 Å². The molecule has 2 aromatic carbocycles. The lowest BCUT2D eigenvalue weighted by Gasteiger charge is -2.13. The molecular weight excluding hydrogens is 262 g/mol. The molecule has 106 valence electrons. The van der Waals surface area contributed by atoms with Gasteiger partial charge in [0, 0.05) is 12.1 Å². The minimum atomic E-state index is -0.443. The van der Waals surface area contributed by atoms with Gasteiger partial charge in [-0.25, -0.2) is 9.97 Å². The van der Waals surface area contributed by atoms with Crippen molar-refractivity contribution >= 4 is 16.9 Å². The molecule has 0 spiro atoms. The van der Waals surface area contributed by atoms with E-state index in [4.69, 9.17) is 4.98 Å². The number of rotatable bonds is 4. The molecule has 0 amide bonds. The van der Waals surface area contributed by atoms with Gasteiger partial charge in [0.2, 0.25) is 0 Å². The molecule has 0 aliphatic rings. The summed E-state index contributed by atoms with van der Waals surface area (Å²) >= 11 is 0. The van der Waals surface area contributed by atoms with E-state index in [2.05, 4.69) is 10.3 Å². The van der Waals surface area contributed by atoms with Gasteiger partial charge in [0.15, 0.2) is 5.82 Å². The van der Waals surface area contributed by atoms with E-state index in [1.54, 1.807) is 6.92 Å². The van der Waals surface area contributed by atoms with Gasteiger partial charge in [-0.15, -0.1) is 0 Å². The zero-order chi connectivity index (χ0) is 14.7. The van der Waals surface area contributed by atoms with Crippen molar-refractivity contribution in [1.29, 1.82) is 0 Å². The minimum Gasteiger partial charge on any atom is -0.392 e. The molecule has 0 bridgehead atoms. The molecule has 2 N–H and O–H groups in total. The first kappa shape index (κ1) is 13.5. The van der Waals surface area contributed by atoms with E-state index in [1.165, 1.54) is 0 Å². The second kappa shape index (κ2) is 5.89. The first-order valence-electron chi connectivity index (χ1n) is 6.98. The average molecular weight is 279 g/mol. The normalized spacial score (nSPS) is 12.3. The monoisotopic (exact) mass is 279 g/mol. The van der Waals surface area contributed by atoms with Gasteiger partial charge >= 0.3 is 0 Å². The number of hydrogen-bond acceptors (Lipinski definition) is 4. The Morgan fingerprint density at radius 3 is 2.24 bits per heavy atom. The standard InChI is InChI=1S/C17H17N3O/c1-12(21)11-18-17-16(13-7-3-2-4-8-13)19-14-9-5-6-10-15(14)20-17/h2-10,12,21H,11H2,1H3,(H,18,20). The highest BCUT2D eigenvalue weighted by atomic mass is 16.3. The van der Waals surface area contributed by atoms with E-state index >= 15 is 0 Å². The molecule has 3 rings (SSSR count). The zero-order valence-corrected chi connectivity index (χ0v) is 11.8. The Hall–Kier alpha value is -2.46. The van der Waals surface area contributed by atoms with Crippen molar-refractivity contribution in [3.8, 4) is 11.3 Å². The lowest BCUT2D eigenvalue weighted by Crippen LogP contribution is -2.17. The van der Waals surface area contributed by atoms with Crippen LogP contribution >= 0.6 is 0 Å². The third-order valence-corrected chi connectivity index (χ3v) is 3.18. The Morgan fingerprint density at radius 2 is 1.57 bits per heavy atom. The summed E-state index contributed by atoms with van der Waals surface area (Å²) in [6.45, 7) is 2.18. The molecule has 1 aromatic heterocycles. The second-order valence-corrected chi connectivity index (χ2v) is 5.01. The molecular formula is C17H17N3O. The summed E-state index contributed by atoms with van der Waals surface area (Å²) in [5.74, 6) is 0.695. The fraction of sp³-hybridized carbons (Fsp3) is 0.176. The van der Waals surface area contributed by atoms with E-state index in [-0.39, 0.29) is 0 Å². The number of anilines is 1. The summed E-state index contributed by atoms with van der Waals surface area (Å²) in [4.78, 5) is 9.36.